The predicted molar refractivity (Wildman–Crippen MR) is 56.7 cm³/mol. The van der Waals surface area contributed by atoms with E-state index in [1.54, 1.807) is 4.89 Å². The second-order valence-electron chi connectivity index (χ2n) is 2.79. The molecule has 0 aliphatic heterocycles. The number of hydrogen-bond donors (Lipinski definition) is 3. The number of carboxylic acid groups (broad SMARTS) is 1. The van der Waals surface area contributed by atoms with Gasteiger partial charge >= 0.3 is 5.97 Å². The molecule has 10 heteroatoms. The molecule has 0 unspecified atom stereocenters. The highest BCUT2D eigenvalue weighted by Gasteiger charge is 2.18. The summed E-state index contributed by atoms with van der Waals surface area (Å²) < 4.78 is 23.0. The molecule has 8 nitrogen and oxygen atoms in total. The molecule has 0 aromatic carbocycles. The summed E-state index contributed by atoms with van der Waals surface area (Å²) in [5.41, 5.74) is 4.73. The molecule has 94 valence electrons. The first-order chi connectivity index (χ1) is 7.83. The van der Waals surface area contributed by atoms with E-state index in [0.29, 0.717) is 0 Å². The van der Waals surface area contributed by atoms with Crippen LogP contribution in [0.5, 0.6) is 0 Å². The quantitative estimate of drug-likeness (QED) is 0.580. The number of carbonyl (C=O) groups is 2. The van der Waals surface area contributed by atoms with Gasteiger partial charge in [0.05, 0.1) is 4.90 Å². The largest absolute Gasteiger partial charge is 0.477 e. The molecule has 1 amide bonds. The van der Waals surface area contributed by atoms with E-state index in [2.05, 4.69) is 4.84 Å². The molecule has 0 spiro atoms. The lowest BCUT2D eigenvalue weighted by Crippen LogP contribution is -2.29. The molecule has 1 aromatic rings. The third-order valence-corrected chi connectivity index (χ3v) is 3.74. The van der Waals surface area contributed by atoms with E-state index in [0.717, 1.165) is 22.8 Å². The number of nitrogens with one attached hydrogen (secondary N) is 1. The summed E-state index contributed by atoms with van der Waals surface area (Å²) in [5.74, 6) is -2.07. The van der Waals surface area contributed by atoms with E-state index < -0.39 is 28.5 Å². The van der Waals surface area contributed by atoms with Gasteiger partial charge in [-0.3, -0.25) is 9.63 Å². The normalized spacial score (nSPS) is 11.3. The topological polar surface area (TPSA) is 136 Å². The standard InChI is InChI=1S/C7H8N2O6S2/c8-6(10)2-15-9-17(13,14)4-1-5(7(11)12)16-3-4/h1,3,9H,2H2,(H2,8,10)(H,11,12). The van der Waals surface area contributed by atoms with Crippen molar-refractivity contribution in [3.05, 3.63) is 16.3 Å². The van der Waals surface area contributed by atoms with Crippen LogP contribution in [0.2, 0.25) is 0 Å². The van der Waals surface area contributed by atoms with Gasteiger partial charge in [-0.25, -0.2) is 13.2 Å². The first-order valence-corrected chi connectivity index (χ1v) is 6.43. The maximum atomic E-state index is 11.5. The highest BCUT2D eigenvalue weighted by Crippen LogP contribution is 2.18. The minimum Gasteiger partial charge on any atom is -0.477 e. The Hall–Kier alpha value is -1.49. The summed E-state index contributed by atoms with van der Waals surface area (Å²) >= 11 is 0.758. The average Bonchev–Trinajstić information content (AvgIpc) is 2.65. The van der Waals surface area contributed by atoms with Crippen molar-refractivity contribution in [3.63, 3.8) is 0 Å². The number of carbonyl (C=O) groups excluding carboxylic acids is 1. The van der Waals surface area contributed by atoms with Crippen molar-refractivity contribution in [1.82, 2.24) is 4.89 Å². The van der Waals surface area contributed by atoms with Crippen molar-refractivity contribution in [2.45, 2.75) is 4.90 Å². The molecule has 1 aromatic heterocycles. The minimum absolute atomic E-state index is 0.125. The van der Waals surface area contributed by atoms with Gasteiger partial charge in [0.25, 0.3) is 10.0 Å². The monoisotopic (exact) mass is 280 g/mol. The van der Waals surface area contributed by atoms with E-state index in [-0.39, 0.29) is 9.77 Å². The Kier molecular flexibility index (Phi) is 4.17. The van der Waals surface area contributed by atoms with Crippen LogP contribution in [0.4, 0.5) is 0 Å². The van der Waals surface area contributed by atoms with Gasteiger partial charge in [-0.2, -0.15) is 0 Å². The van der Waals surface area contributed by atoms with Gasteiger partial charge in [-0.1, -0.05) is 4.89 Å². The van der Waals surface area contributed by atoms with E-state index >= 15 is 0 Å². The number of sulfonamides is 1. The van der Waals surface area contributed by atoms with Crippen LogP contribution in [0.3, 0.4) is 0 Å². The molecule has 0 bridgehead atoms. The number of aromatic carboxylic acids is 1. The van der Waals surface area contributed by atoms with Crippen LogP contribution in [-0.2, 0) is 19.7 Å². The molecule has 0 saturated heterocycles. The van der Waals surface area contributed by atoms with Gasteiger partial charge in [0.2, 0.25) is 5.91 Å². The predicted octanol–water partition coefficient (Wildman–Crippen LogP) is -0.859. The third-order valence-electron chi connectivity index (χ3n) is 1.48. The van der Waals surface area contributed by atoms with Crippen LogP contribution in [0.15, 0.2) is 16.3 Å². The van der Waals surface area contributed by atoms with Gasteiger partial charge in [0.1, 0.15) is 11.5 Å². The number of primary amides is 1. The zero-order chi connectivity index (χ0) is 13.1. The van der Waals surface area contributed by atoms with Crippen molar-refractivity contribution in [2.24, 2.45) is 5.73 Å². The van der Waals surface area contributed by atoms with Crippen molar-refractivity contribution in [1.29, 1.82) is 0 Å². The van der Waals surface area contributed by atoms with Crippen LogP contribution >= 0.6 is 11.3 Å². The smallest absolute Gasteiger partial charge is 0.345 e. The molecule has 1 rings (SSSR count). The summed E-state index contributed by atoms with van der Waals surface area (Å²) in [6.45, 7) is -0.616. The molecule has 0 aliphatic rings. The van der Waals surface area contributed by atoms with Gasteiger partial charge in [-0.05, 0) is 6.07 Å². The van der Waals surface area contributed by atoms with Crippen LogP contribution in [0.1, 0.15) is 9.67 Å². The molecule has 0 aliphatic carbocycles. The highest BCUT2D eigenvalue weighted by molar-refractivity contribution is 7.89. The Bertz CT molecular complexity index is 534. The Labute approximate surface area is 100 Å². The van der Waals surface area contributed by atoms with Crippen molar-refractivity contribution < 1.29 is 28.0 Å². The number of hydrogen-bond acceptors (Lipinski definition) is 6. The fourth-order valence-corrected chi connectivity index (χ4v) is 2.71. The summed E-state index contributed by atoms with van der Waals surface area (Å²) in [6.07, 6.45) is 0. The second-order valence-corrected chi connectivity index (χ2v) is 5.35. The van der Waals surface area contributed by atoms with Gasteiger partial charge in [0.15, 0.2) is 0 Å². The fraction of sp³-hybridized carbons (Fsp3) is 0.143. The number of amides is 1. The number of carboxylic acids is 1. The molecule has 4 N–H and O–H groups in total. The SMILES string of the molecule is NC(=O)CONS(=O)(=O)c1csc(C(=O)O)c1. The van der Waals surface area contributed by atoms with Crippen molar-refractivity contribution >= 4 is 33.2 Å². The average molecular weight is 280 g/mol. The molecule has 17 heavy (non-hydrogen) atoms. The number of rotatable bonds is 6. The van der Waals surface area contributed by atoms with E-state index in [9.17, 15) is 18.0 Å². The summed E-state index contributed by atoms with van der Waals surface area (Å²) in [4.78, 5) is 26.4. The zero-order valence-corrected chi connectivity index (χ0v) is 9.88. The summed E-state index contributed by atoms with van der Waals surface area (Å²) in [5, 5.41) is 9.75. The van der Waals surface area contributed by atoms with Crippen molar-refractivity contribution in [3.8, 4) is 0 Å². The second kappa shape index (κ2) is 5.23. The molecule has 0 radical (unpaired) electrons. The Balaban J connectivity index is 2.75. The third kappa shape index (κ3) is 3.78. The lowest BCUT2D eigenvalue weighted by atomic mass is 10.5. The lowest BCUT2D eigenvalue weighted by Gasteiger charge is -2.03. The number of thiophene rings is 1. The summed E-state index contributed by atoms with van der Waals surface area (Å²) in [6, 6.07) is 0.975. The molecule has 0 fully saturated rings. The van der Waals surface area contributed by atoms with Crippen molar-refractivity contribution in [2.75, 3.05) is 6.61 Å². The molecular formula is C7H8N2O6S2. The Morgan fingerprint density at radius 3 is 2.65 bits per heavy atom. The zero-order valence-electron chi connectivity index (χ0n) is 8.24. The first kappa shape index (κ1) is 13.6. The molecule has 0 saturated carbocycles. The van der Waals surface area contributed by atoms with Gasteiger partial charge in [-0.15, -0.1) is 11.3 Å². The Morgan fingerprint density at radius 2 is 2.18 bits per heavy atom. The highest BCUT2D eigenvalue weighted by atomic mass is 32.2. The van der Waals surface area contributed by atoms with Gasteiger partial charge < -0.3 is 10.8 Å². The van der Waals surface area contributed by atoms with E-state index in [1.807, 2.05) is 0 Å². The van der Waals surface area contributed by atoms with Crippen LogP contribution in [0.25, 0.3) is 0 Å². The number of nitrogens with two attached hydrogens (primary N) is 1. The molecular weight excluding hydrogens is 272 g/mol. The van der Waals surface area contributed by atoms with E-state index in [4.69, 9.17) is 10.8 Å². The maximum absolute atomic E-state index is 11.5. The van der Waals surface area contributed by atoms with Crippen LogP contribution in [-0.4, -0.2) is 32.0 Å². The Morgan fingerprint density at radius 1 is 1.53 bits per heavy atom. The van der Waals surface area contributed by atoms with Gasteiger partial charge in [0, 0.05) is 5.38 Å². The van der Waals surface area contributed by atoms with Crippen LogP contribution in [0, 0.1) is 0 Å². The lowest BCUT2D eigenvalue weighted by molar-refractivity contribution is -0.123. The molecule has 1 heterocycles. The maximum Gasteiger partial charge on any atom is 0.345 e. The summed E-state index contributed by atoms with van der Waals surface area (Å²) in [7, 11) is -4.00. The first-order valence-electron chi connectivity index (χ1n) is 4.06. The fourth-order valence-electron chi connectivity index (χ4n) is 0.798. The molecule has 0 atom stereocenters. The minimum atomic E-state index is -4.00. The van der Waals surface area contributed by atoms with E-state index in [1.165, 1.54) is 0 Å². The van der Waals surface area contributed by atoms with Crippen LogP contribution < -0.4 is 10.6 Å².